The number of rotatable bonds is 7. The highest BCUT2D eigenvalue weighted by Crippen LogP contribution is 2.25. The van der Waals surface area contributed by atoms with Gasteiger partial charge in [0.05, 0.1) is 12.9 Å². The molecular weight excluding hydrogens is 407 g/mol. The number of halogens is 1. The van der Waals surface area contributed by atoms with Crippen molar-refractivity contribution in [1.29, 1.82) is 0 Å². The third-order valence-corrected chi connectivity index (χ3v) is 7.30. The summed E-state index contributed by atoms with van der Waals surface area (Å²) in [6.07, 6.45) is 0.900. The summed E-state index contributed by atoms with van der Waals surface area (Å²) in [5, 5.41) is 0. The number of amides is 1. The average Bonchev–Trinajstić information content (AvgIpc) is 2.75. The Morgan fingerprint density at radius 1 is 1.10 bits per heavy atom. The first-order valence-electron chi connectivity index (χ1n) is 9.90. The summed E-state index contributed by atoms with van der Waals surface area (Å²) in [6.45, 7) is 0.944. The SMILES string of the molecule is COc1ccccc1CN(C)C(=O)C1CCN(S(=O)(=O)Cc2ccccc2F)CC1. The summed E-state index contributed by atoms with van der Waals surface area (Å²) in [4.78, 5) is 14.5. The number of hydrogen-bond acceptors (Lipinski definition) is 4. The van der Waals surface area contributed by atoms with Crippen molar-refractivity contribution in [2.24, 2.45) is 5.92 Å². The normalized spacial score (nSPS) is 15.7. The van der Waals surface area contributed by atoms with Crippen LogP contribution in [0, 0.1) is 11.7 Å². The Kier molecular flexibility index (Phi) is 7.10. The first-order chi connectivity index (χ1) is 14.3. The fourth-order valence-corrected chi connectivity index (χ4v) is 5.34. The Morgan fingerprint density at radius 2 is 1.70 bits per heavy atom. The van der Waals surface area contributed by atoms with E-state index >= 15 is 0 Å². The van der Waals surface area contributed by atoms with Gasteiger partial charge < -0.3 is 9.64 Å². The smallest absolute Gasteiger partial charge is 0.225 e. The van der Waals surface area contributed by atoms with E-state index in [1.54, 1.807) is 25.1 Å². The Hall–Kier alpha value is -2.45. The lowest BCUT2D eigenvalue weighted by Crippen LogP contribution is -2.43. The van der Waals surface area contributed by atoms with Crippen molar-refractivity contribution < 1.29 is 22.3 Å². The van der Waals surface area contributed by atoms with Crippen molar-refractivity contribution in [2.75, 3.05) is 27.2 Å². The number of methoxy groups -OCH3 is 1. The van der Waals surface area contributed by atoms with E-state index in [1.165, 1.54) is 22.5 Å². The van der Waals surface area contributed by atoms with Gasteiger partial charge in [-0.25, -0.2) is 17.1 Å². The minimum Gasteiger partial charge on any atom is -0.496 e. The number of carbonyl (C=O) groups is 1. The van der Waals surface area contributed by atoms with E-state index in [0.717, 1.165) is 11.3 Å². The number of para-hydroxylation sites is 1. The van der Waals surface area contributed by atoms with Gasteiger partial charge in [-0.3, -0.25) is 4.79 Å². The highest BCUT2D eigenvalue weighted by molar-refractivity contribution is 7.88. The fourth-order valence-electron chi connectivity index (χ4n) is 3.76. The van der Waals surface area contributed by atoms with Gasteiger partial charge in [-0.15, -0.1) is 0 Å². The van der Waals surface area contributed by atoms with Crippen LogP contribution < -0.4 is 4.74 Å². The van der Waals surface area contributed by atoms with Gasteiger partial charge in [-0.1, -0.05) is 36.4 Å². The van der Waals surface area contributed by atoms with Crippen molar-refractivity contribution in [2.45, 2.75) is 25.1 Å². The molecule has 1 saturated heterocycles. The molecule has 1 heterocycles. The van der Waals surface area contributed by atoms with Gasteiger partial charge in [0.15, 0.2) is 0 Å². The van der Waals surface area contributed by atoms with Crippen molar-refractivity contribution in [3.8, 4) is 5.75 Å². The molecule has 0 spiro atoms. The van der Waals surface area contributed by atoms with E-state index in [4.69, 9.17) is 4.74 Å². The summed E-state index contributed by atoms with van der Waals surface area (Å²) >= 11 is 0. The molecule has 6 nitrogen and oxygen atoms in total. The van der Waals surface area contributed by atoms with E-state index in [1.807, 2.05) is 24.3 Å². The minimum atomic E-state index is -3.63. The van der Waals surface area contributed by atoms with Gasteiger partial charge in [0.25, 0.3) is 0 Å². The van der Waals surface area contributed by atoms with E-state index in [9.17, 15) is 17.6 Å². The zero-order chi connectivity index (χ0) is 21.7. The second-order valence-corrected chi connectivity index (χ2v) is 9.50. The Morgan fingerprint density at radius 3 is 2.33 bits per heavy atom. The average molecular weight is 435 g/mol. The number of nitrogens with zero attached hydrogens (tertiary/aromatic N) is 2. The molecule has 1 aliphatic heterocycles. The molecule has 2 aromatic carbocycles. The van der Waals surface area contributed by atoms with Crippen molar-refractivity contribution in [3.63, 3.8) is 0 Å². The molecule has 0 aliphatic carbocycles. The number of hydrogen-bond donors (Lipinski definition) is 0. The van der Waals surface area contributed by atoms with E-state index in [0.29, 0.717) is 19.4 Å². The molecule has 162 valence electrons. The molecule has 1 amide bonds. The minimum absolute atomic E-state index is 0.00735. The van der Waals surface area contributed by atoms with Gasteiger partial charge in [0, 0.05) is 43.7 Å². The Balaban J connectivity index is 1.58. The highest BCUT2D eigenvalue weighted by atomic mass is 32.2. The van der Waals surface area contributed by atoms with Gasteiger partial charge in [0.2, 0.25) is 15.9 Å². The first-order valence-corrected chi connectivity index (χ1v) is 11.5. The maximum atomic E-state index is 13.8. The quantitative estimate of drug-likeness (QED) is 0.672. The molecule has 0 N–H and O–H groups in total. The zero-order valence-electron chi connectivity index (χ0n) is 17.3. The predicted molar refractivity (Wildman–Crippen MR) is 113 cm³/mol. The van der Waals surface area contributed by atoms with Crippen molar-refractivity contribution in [3.05, 3.63) is 65.5 Å². The van der Waals surface area contributed by atoms with Crippen LogP contribution >= 0.6 is 0 Å². The molecule has 0 unspecified atom stereocenters. The van der Waals surface area contributed by atoms with E-state index < -0.39 is 15.8 Å². The molecule has 30 heavy (non-hydrogen) atoms. The summed E-state index contributed by atoms with van der Waals surface area (Å²) in [5.41, 5.74) is 1.08. The van der Waals surface area contributed by atoms with Crippen LogP contribution in [0.25, 0.3) is 0 Å². The third-order valence-electron chi connectivity index (χ3n) is 5.47. The molecule has 0 saturated carbocycles. The fraction of sp³-hybridized carbons (Fsp3) is 0.409. The number of sulfonamides is 1. The summed E-state index contributed by atoms with van der Waals surface area (Å²) in [7, 11) is -0.292. The predicted octanol–water partition coefficient (Wildman–Crippen LogP) is 3.03. The number of benzene rings is 2. The lowest BCUT2D eigenvalue weighted by molar-refractivity contribution is -0.135. The Bertz CT molecular complexity index is 988. The van der Waals surface area contributed by atoms with Gasteiger partial charge >= 0.3 is 0 Å². The number of carbonyl (C=O) groups excluding carboxylic acids is 1. The molecule has 3 rings (SSSR count). The summed E-state index contributed by atoms with van der Waals surface area (Å²) in [6, 6.07) is 13.4. The largest absolute Gasteiger partial charge is 0.496 e. The van der Waals surface area contributed by atoms with Crippen molar-refractivity contribution >= 4 is 15.9 Å². The standard InChI is InChI=1S/C22H27FN2O4S/c1-24(15-18-7-4-6-10-21(18)29-2)22(26)17-11-13-25(14-12-17)30(27,28)16-19-8-3-5-9-20(19)23/h3-10,17H,11-16H2,1-2H3. The number of piperidine rings is 1. The molecule has 0 atom stereocenters. The van der Waals surface area contributed by atoms with Gasteiger partial charge in [-0.2, -0.15) is 0 Å². The monoisotopic (exact) mass is 434 g/mol. The lowest BCUT2D eigenvalue weighted by atomic mass is 9.96. The Labute approximate surface area is 177 Å². The van der Waals surface area contributed by atoms with E-state index in [-0.39, 0.29) is 36.2 Å². The summed E-state index contributed by atoms with van der Waals surface area (Å²) in [5.74, 6) is -0.404. The van der Waals surface area contributed by atoms with Crippen LogP contribution in [-0.4, -0.2) is 50.8 Å². The van der Waals surface area contributed by atoms with Crippen molar-refractivity contribution in [1.82, 2.24) is 9.21 Å². The topological polar surface area (TPSA) is 66.9 Å². The van der Waals surface area contributed by atoms with Crippen LogP contribution in [0.15, 0.2) is 48.5 Å². The van der Waals surface area contributed by atoms with Crippen LogP contribution in [0.3, 0.4) is 0 Å². The van der Waals surface area contributed by atoms with Crippen LogP contribution in [0.1, 0.15) is 24.0 Å². The molecular formula is C22H27FN2O4S. The van der Waals surface area contributed by atoms with Crippen LogP contribution in [0.4, 0.5) is 4.39 Å². The summed E-state index contributed by atoms with van der Waals surface area (Å²) < 4.78 is 45.9. The second-order valence-electron chi connectivity index (χ2n) is 7.53. The molecule has 0 aromatic heterocycles. The molecule has 0 radical (unpaired) electrons. The zero-order valence-corrected chi connectivity index (χ0v) is 18.1. The lowest BCUT2D eigenvalue weighted by Gasteiger charge is -2.32. The third kappa shape index (κ3) is 5.17. The molecule has 8 heteroatoms. The number of ether oxygens (including phenoxy) is 1. The molecule has 0 bridgehead atoms. The van der Waals surface area contributed by atoms with Gasteiger partial charge in [-0.05, 0) is 25.0 Å². The highest BCUT2D eigenvalue weighted by Gasteiger charge is 2.32. The maximum Gasteiger partial charge on any atom is 0.225 e. The van der Waals surface area contributed by atoms with Crippen LogP contribution in [-0.2, 0) is 27.1 Å². The van der Waals surface area contributed by atoms with E-state index in [2.05, 4.69) is 0 Å². The second kappa shape index (κ2) is 9.57. The van der Waals surface area contributed by atoms with Crippen LogP contribution in [0.2, 0.25) is 0 Å². The molecule has 1 aliphatic rings. The van der Waals surface area contributed by atoms with Crippen LogP contribution in [0.5, 0.6) is 5.75 Å². The molecule has 2 aromatic rings. The van der Waals surface area contributed by atoms with Gasteiger partial charge in [0.1, 0.15) is 11.6 Å². The maximum absolute atomic E-state index is 13.8. The molecule has 1 fully saturated rings. The first kappa shape index (κ1) is 22.2.